The molecule has 0 spiro atoms. The highest BCUT2D eigenvalue weighted by atomic mass is 16.4. The van der Waals surface area contributed by atoms with Gasteiger partial charge in [-0.25, -0.2) is 9.78 Å². The molecule has 2 heterocycles. The van der Waals surface area contributed by atoms with Gasteiger partial charge in [0.05, 0.1) is 0 Å². The fraction of sp³-hybridized carbons (Fsp3) is 0.308. The number of hydrogen-bond acceptors (Lipinski definition) is 3. The number of carboxylic acid groups (broad SMARTS) is 1. The van der Waals surface area contributed by atoms with Crippen molar-refractivity contribution in [2.45, 2.75) is 19.9 Å². The first-order valence-electron chi connectivity index (χ1n) is 5.96. The number of pyridine rings is 1. The van der Waals surface area contributed by atoms with Crippen molar-refractivity contribution in [3.05, 3.63) is 36.3 Å². The second kappa shape index (κ2) is 5.09. The highest BCUT2D eigenvalue weighted by molar-refractivity contribution is 5.95. The molecule has 2 rings (SSSR count). The summed E-state index contributed by atoms with van der Waals surface area (Å²) in [4.78, 5) is 27.2. The number of nitrogens with one attached hydrogen (secondary N) is 1. The van der Waals surface area contributed by atoms with Crippen LogP contribution in [0.1, 0.15) is 24.3 Å². The summed E-state index contributed by atoms with van der Waals surface area (Å²) in [5.41, 5.74) is 0.849. The molecule has 6 heteroatoms. The number of aromatic nitrogens is 2. The van der Waals surface area contributed by atoms with Crippen LogP contribution in [0.15, 0.2) is 30.6 Å². The highest BCUT2D eigenvalue weighted by Crippen LogP contribution is 2.07. The lowest BCUT2D eigenvalue weighted by molar-refractivity contribution is -0.140. The minimum Gasteiger partial charge on any atom is -0.480 e. The Hall–Kier alpha value is -2.37. The lowest BCUT2D eigenvalue weighted by atomic mass is 10.0. The molecule has 0 aliphatic carbocycles. The predicted molar refractivity (Wildman–Crippen MR) is 68.9 cm³/mol. The van der Waals surface area contributed by atoms with Crippen LogP contribution in [0.5, 0.6) is 0 Å². The number of aliphatic carboxylic acids is 1. The minimum atomic E-state index is -1.05. The average Bonchev–Trinajstić information content (AvgIpc) is 2.78. The quantitative estimate of drug-likeness (QED) is 0.865. The van der Waals surface area contributed by atoms with Gasteiger partial charge in [-0.2, -0.15) is 0 Å². The standard InChI is InChI=1S/C13H15N3O3/c1-8(2)11(13(18)19)15-12(17)9-7-16-6-4-3-5-10(16)14-9/h3-8,11H,1-2H3,(H,15,17)(H,18,19)/t11-/m0/s1. The highest BCUT2D eigenvalue weighted by Gasteiger charge is 2.24. The first-order chi connectivity index (χ1) is 8.99. The summed E-state index contributed by atoms with van der Waals surface area (Å²) in [6.07, 6.45) is 3.35. The van der Waals surface area contributed by atoms with Crippen molar-refractivity contribution in [3.8, 4) is 0 Å². The molecule has 19 heavy (non-hydrogen) atoms. The fourth-order valence-corrected chi connectivity index (χ4v) is 1.77. The number of nitrogens with zero attached hydrogens (tertiary/aromatic N) is 2. The van der Waals surface area contributed by atoms with E-state index in [2.05, 4.69) is 10.3 Å². The molecule has 1 amide bonds. The summed E-state index contributed by atoms with van der Waals surface area (Å²) in [6, 6.07) is 4.49. The minimum absolute atomic E-state index is 0.196. The number of hydrogen-bond donors (Lipinski definition) is 2. The second-order valence-electron chi connectivity index (χ2n) is 4.63. The first kappa shape index (κ1) is 13.1. The number of carbonyl (C=O) groups excluding carboxylic acids is 1. The van der Waals surface area contributed by atoms with Gasteiger partial charge in [0.15, 0.2) is 0 Å². The molecule has 0 aliphatic rings. The van der Waals surface area contributed by atoms with Crippen molar-refractivity contribution in [1.82, 2.24) is 14.7 Å². The number of imidazole rings is 1. The molecule has 0 aromatic carbocycles. The third kappa shape index (κ3) is 2.73. The molecule has 0 fully saturated rings. The van der Waals surface area contributed by atoms with E-state index in [1.165, 1.54) is 0 Å². The summed E-state index contributed by atoms with van der Waals surface area (Å²) in [6.45, 7) is 3.48. The normalized spacial score (nSPS) is 12.6. The molecule has 0 saturated carbocycles. The molecule has 1 atom stereocenters. The van der Waals surface area contributed by atoms with Crippen LogP contribution in [0.4, 0.5) is 0 Å². The Morgan fingerprint density at radius 2 is 2.11 bits per heavy atom. The van der Waals surface area contributed by atoms with Crippen LogP contribution in [0.2, 0.25) is 0 Å². The lowest BCUT2D eigenvalue weighted by Crippen LogP contribution is -2.44. The van der Waals surface area contributed by atoms with E-state index in [1.54, 1.807) is 36.7 Å². The molecule has 2 aromatic rings. The number of carbonyl (C=O) groups is 2. The first-order valence-corrected chi connectivity index (χ1v) is 5.96. The van der Waals surface area contributed by atoms with Gasteiger partial charge in [0.25, 0.3) is 5.91 Å². The molecule has 2 aromatic heterocycles. The van der Waals surface area contributed by atoms with Crippen LogP contribution < -0.4 is 5.32 Å². The molecule has 0 bridgehead atoms. The van der Waals surface area contributed by atoms with Gasteiger partial charge in [-0.1, -0.05) is 19.9 Å². The lowest BCUT2D eigenvalue weighted by Gasteiger charge is -2.16. The van der Waals surface area contributed by atoms with Gasteiger partial charge in [-0.3, -0.25) is 4.79 Å². The Labute approximate surface area is 110 Å². The molecule has 100 valence electrons. The summed E-state index contributed by atoms with van der Waals surface area (Å²) in [5, 5.41) is 11.5. The fourth-order valence-electron chi connectivity index (χ4n) is 1.77. The topological polar surface area (TPSA) is 83.7 Å². The number of rotatable bonds is 4. The van der Waals surface area contributed by atoms with Crippen LogP contribution >= 0.6 is 0 Å². The van der Waals surface area contributed by atoms with E-state index in [9.17, 15) is 9.59 Å². The van der Waals surface area contributed by atoms with Gasteiger partial charge < -0.3 is 14.8 Å². The largest absolute Gasteiger partial charge is 0.480 e. The van der Waals surface area contributed by atoms with Crippen LogP contribution in [0.3, 0.4) is 0 Å². The molecule has 2 N–H and O–H groups in total. The molecular weight excluding hydrogens is 246 g/mol. The Balaban J connectivity index is 2.21. The SMILES string of the molecule is CC(C)[C@H](NC(=O)c1cn2ccccc2n1)C(=O)O. The van der Waals surface area contributed by atoms with Gasteiger partial charge in [0.1, 0.15) is 17.4 Å². The van der Waals surface area contributed by atoms with Gasteiger partial charge in [-0.15, -0.1) is 0 Å². The maximum Gasteiger partial charge on any atom is 0.326 e. The van der Waals surface area contributed by atoms with E-state index in [4.69, 9.17) is 5.11 Å². The average molecular weight is 261 g/mol. The summed E-state index contributed by atoms with van der Waals surface area (Å²) in [7, 11) is 0. The zero-order chi connectivity index (χ0) is 14.0. The predicted octanol–water partition coefficient (Wildman–Crippen LogP) is 1.17. The molecule has 0 unspecified atom stereocenters. The van der Waals surface area contributed by atoms with Crippen molar-refractivity contribution >= 4 is 17.5 Å². The number of fused-ring (bicyclic) bond motifs is 1. The van der Waals surface area contributed by atoms with E-state index in [1.807, 2.05) is 12.1 Å². The Kier molecular flexibility index (Phi) is 3.50. The summed E-state index contributed by atoms with van der Waals surface area (Å²) >= 11 is 0. The van der Waals surface area contributed by atoms with E-state index in [0.717, 1.165) is 0 Å². The second-order valence-corrected chi connectivity index (χ2v) is 4.63. The van der Waals surface area contributed by atoms with Crippen molar-refractivity contribution < 1.29 is 14.7 Å². The zero-order valence-electron chi connectivity index (χ0n) is 10.7. The van der Waals surface area contributed by atoms with Crippen molar-refractivity contribution in [2.75, 3.05) is 0 Å². The van der Waals surface area contributed by atoms with Crippen molar-refractivity contribution in [1.29, 1.82) is 0 Å². The molecule has 0 saturated heterocycles. The van der Waals surface area contributed by atoms with Crippen LogP contribution in [-0.4, -0.2) is 32.4 Å². The molecular formula is C13H15N3O3. The van der Waals surface area contributed by atoms with Crippen LogP contribution in [0.25, 0.3) is 5.65 Å². The maximum atomic E-state index is 12.0. The molecule has 0 radical (unpaired) electrons. The number of carboxylic acids is 1. The molecule has 0 aliphatic heterocycles. The number of amides is 1. The van der Waals surface area contributed by atoms with Crippen molar-refractivity contribution in [2.24, 2.45) is 5.92 Å². The van der Waals surface area contributed by atoms with Gasteiger partial charge in [0.2, 0.25) is 0 Å². The Morgan fingerprint density at radius 3 is 2.68 bits per heavy atom. The van der Waals surface area contributed by atoms with E-state index < -0.39 is 17.9 Å². The Morgan fingerprint density at radius 1 is 1.37 bits per heavy atom. The third-order valence-corrected chi connectivity index (χ3v) is 2.82. The van der Waals surface area contributed by atoms with Gasteiger partial charge >= 0.3 is 5.97 Å². The summed E-state index contributed by atoms with van der Waals surface area (Å²) < 4.78 is 1.71. The van der Waals surface area contributed by atoms with E-state index in [0.29, 0.717) is 5.65 Å². The van der Waals surface area contributed by atoms with Crippen LogP contribution in [-0.2, 0) is 4.79 Å². The third-order valence-electron chi connectivity index (χ3n) is 2.82. The van der Waals surface area contributed by atoms with Crippen LogP contribution in [0, 0.1) is 5.92 Å². The molecule has 6 nitrogen and oxygen atoms in total. The van der Waals surface area contributed by atoms with Gasteiger partial charge in [0, 0.05) is 12.4 Å². The summed E-state index contributed by atoms with van der Waals surface area (Å²) in [5.74, 6) is -1.73. The van der Waals surface area contributed by atoms with Crippen molar-refractivity contribution in [3.63, 3.8) is 0 Å². The monoisotopic (exact) mass is 261 g/mol. The van der Waals surface area contributed by atoms with E-state index in [-0.39, 0.29) is 11.6 Å². The van der Waals surface area contributed by atoms with E-state index >= 15 is 0 Å². The Bertz CT molecular complexity index is 585. The maximum absolute atomic E-state index is 12.0. The zero-order valence-corrected chi connectivity index (χ0v) is 10.7. The van der Waals surface area contributed by atoms with Gasteiger partial charge in [-0.05, 0) is 18.1 Å². The smallest absolute Gasteiger partial charge is 0.326 e.